The number of nitrogens with two attached hydrogens (primary N) is 1. The number of carbonyl (C=O) groups excluding carboxylic acids is 2. The number of carbonyl (C=O) groups is 2. The maximum absolute atomic E-state index is 12.1. The first-order valence-electron chi connectivity index (χ1n) is 7.31. The SMILES string of the molecule is CC(C)(CNC(=O)c1ccc(C2SCCCS2)cc1)C(N)=O. The van der Waals surface area contributed by atoms with E-state index >= 15 is 0 Å². The minimum atomic E-state index is -0.745. The van der Waals surface area contributed by atoms with Crippen molar-refractivity contribution >= 4 is 35.3 Å². The van der Waals surface area contributed by atoms with Gasteiger partial charge in [0, 0.05) is 12.1 Å². The third-order valence-electron chi connectivity index (χ3n) is 3.63. The topological polar surface area (TPSA) is 72.2 Å². The highest BCUT2D eigenvalue weighted by atomic mass is 32.2. The number of rotatable bonds is 5. The van der Waals surface area contributed by atoms with Crippen LogP contribution in [0.15, 0.2) is 24.3 Å². The second kappa shape index (κ2) is 7.42. The minimum Gasteiger partial charge on any atom is -0.369 e. The quantitative estimate of drug-likeness (QED) is 0.866. The van der Waals surface area contributed by atoms with Crippen molar-refractivity contribution in [3.05, 3.63) is 35.4 Å². The molecule has 22 heavy (non-hydrogen) atoms. The van der Waals surface area contributed by atoms with Crippen LogP contribution in [0.1, 0.15) is 40.8 Å². The van der Waals surface area contributed by atoms with Crippen LogP contribution in [0.4, 0.5) is 0 Å². The summed E-state index contributed by atoms with van der Waals surface area (Å²) in [5, 5.41) is 2.77. The van der Waals surface area contributed by atoms with Gasteiger partial charge in [0.15, 0.2) is 0 Å². The summed E-state index contributed by atoms with van der Waals surface area (Å²) in [4.78, 5) is 23.4. The van der Waals surface area contributed by atoms with Crippen molar-refractivity contribution in [3.8, 4) is 0 Å². The van der Waals surface area contributed by atoms with E-state index in [9.17, 15) is 9.59 Å². The monoisotopic (exact) mass is 338 g/mol. The summed E-state index contributed by atoms with van der Waals surface area (Å²) >= 11 is 3.92. The highest BCUT2D eigenvalue weighted by molar-refractivity contribution is 8.16. The molecule has 1 aromatic carbocycles. The average Bonchev–Trinajstić information content (AvgIpc) is 2.53. The lowest BCUT2D eigenvalue weighted by Crippen LogP contribution is -2.42. The second-order valence-electron chi connectivity index (χ2n) is 5.98. The maximum Gasteiger partial charge on any atom is 0.251 e. The zero-order chi connectivity index (χ0) is 16.2. The predicted octanol–water partition coefficient (Wildman–Crippen LogP) is 2.80. The fourth-order valence-electron chi connectivity index (χ4n) is 1.96. The molecular weight excluding hydrogens is 316 g/mol. The Morgan fingerprint density at radius 1 is 1.23 bits per heavy atom. The molecule has 1 aliphatic rings. The Kier molecular flexibility index (Phi) is 5.81. The Morgan fingerprint density at radius 3 is 2.36 bits per heavy atom. The zero-order valence-electron chi connectivity index (χ0n) is 12.9. The molecule has 0 aromatic heterocycles. The van der Waals surface area contributed by atoms with E-state index in [0.717, 1.165) is 0 Å². The smallest absolute Gasteiger partial charge is 0.251 e. The molecule has 2 amide bonds. The maximum atomic E-state index is 12.1. The molecule has 120 valence electrons. The van der Waals surface area contributed by atoms with Crippen LogP contribution in [-0.4, -0.2) is 29.9 Å². The Balaban J connectivity index is 1.95. The molecule has 1 aliphatic heterocycles. The Bertz CT molecular complexity index is 538. The van der Waals surface area contributed by atoms with E-state index in [1.54, 1.807) is 13.8 Å². The summed E-state index contributed by atoms with van der Waals surface area (Å²) in [6.07, 6.45) is 1.27. The Hall–Kier alpha value is -1.14. The van der Waals surface area contributed by atoms with Gasteiger partial charge in [0.25, 0.3) is 5.91 Å². The fraction of sp³-hybridized carbons (Fsp3) is 0.500. The summed E-state index contributed by atoms with van der Waals surface area (Å²) in [6, 6.07) is 7.73. The first-order valence-corrected chi connectivity index (χ1v) is 9.41. The van der Waals surface area contributed by atoms with Gasteiger partial charge in [0.2, 0.25) is 5.91 Å². The van der Waals surface area contributed by atoms with Gasteiger partial charge in [-0.3, -0.25) is 9.59 Å². The average molecular weight is 338 g/mol. The first kappa shape index (κ1) is 17.2. The van der Waals surface area contributed by atoms with Crippen LogP contribution >= 0.6 is 23.5 Å². The highest BCUT2D eigenvalue weighted by Gasteiger charge is 2.25. The molecule has 1 heterocycles. The second-order valence-corrected chi connectivity index (χ2v) is 8.70. The van der Waals surface area contributed by atoms with E-state index in [4.69, 9.17) is 5.73 Å². The van der Waals surface area contributed by atoms with E-state index in [0.29, 0.717) is 10.1 Å². The van der Waals surface area contributed by atoms with Crippen LogP contribution in [0, 0.1) is 5.41 Å². The highest BCUT2D eigenvalue weighted by Crippen LogP contribution is 2.43. The lowest BCUT2D eigenvalue weighted by Gasteiger charge is -2.22. The van der Waals surface area contributed by atoms with Crippen molar-refractivity contribution in [2.75, 3.05) is 18.1 Å². The van der Waals surface area contributed by atoms with Crippen LogP contribution in [0.2, 0.25) is 0 Å². The van der Waals surface area contributed by atoms with E-state index < -0.39 is 11.3 Å². The Labute approximate surface area is 140 Å². The minimum absolute atomic E-state index is 0.176. The molecule has 1 saturated heterocycles. The van der Waals surface area contributed by atoms with Crippen molar-refractivity contribution < 1.29 is 9.59 Å². The molecule has 0 bridgehead atoms. The molecule has 1 fully saturated rings. The van der Waals surface area contributed by atoms with Gasteiger partial charge in [-0.05, 0) is 49.5 Å². The number of hydrogen-bond donors (Lipinski definition) is 2. The Morgan fingerprint density at radius 2 is 1.82 bits per heavy atom. The first-order chi connectivity index (χ1) is 10.4. The molecule has 0 spiro atoms. The molecule has 6 heteroatoms. The van der Waals surface area contributed by atoms with Gasteiger partial charge in [0.05, 0.1) is 10.00 Å². The van der Waals surface area contributed by atoms with Crippen LogP contribution < -0.4 is 11.1 Å². The van der Waals surface area contributed by atoms with E-state index in [-0.39, 0.29) is 12.5 Å². The summed E-state index contributed by atoms with van der Waals surface area (Å²) in [7, 11) is 0. The molecule has 0 saturated carbocycles. The molecule has 3 N–H and O–H groups in total. The van der Waals surface area contributed by atoms with Crippen LogP contribution in [0.3, 0.4) is 0 Å². The zero-order valence-corrected chi connectivity index (χ0v) is 14.6. The summed E-state index contributed by atoms with van der Waals surface area (Å²) < 4.78 is 0.472. The molecule has 1 aromatic rings. The molecule has 0 unspecified atom stereocenters. The van der Waals surface area contributed by atoms with Gasteiger partial charge in [-0.15, -0.1) is 23.5 Å². The predicted molar refractivity (Wildman–Crippen MR) is 94.0 cm³/mol. The number of hydrogen-bond acceptors (Lipinski definition) is 4. The lowest BCUT2D eigenvalue weighted by molar-refractivity contribution is -0.125. The number of nitrogens with one attached hydrogen (secondary N) is 1. The van der Waals surface area contributed by atoms with Crippen molar-refractivity contribution in [3.63, 3.8) is 0 Å². The van der Waals surface area contributed by atoms with E-state index in [2.05, 4.69) is 5.32 Å². The van der Waals surface area contributed by atoms with Crippen molar-refractivity contribution in [2.24, 2.45) is 11.1 Å². The number of primary amides is 1. The fourth-order valence-corrected chi connectivity index (χ4v) is 4.86. The van der Waals surface area contributed by atoms with Crippen LogP contribution in [0.5, 0.6) is 0 Å². The molecule has 0 atom stereocenters. The standard InChI is InChI=1S/C16H22N2O2S2/c1-16(2,15(17)20)10-18-13(19)11-4-6-12(7-5-11)14-21-8-3-9-22-14/h4-7,14H,3,8-10H2,1-2H3,(H2,17,20)(H,18,19). The van der Waals surface area contributed by atoms with Gasteiger partial charge in [-0.25, -0.2) is 0 Å². The van der Waals surface area contributed by atoms with Crippen molar-refractivity contribution in [1.29, 1.82) is 0 Å². The van der Waals surface area contributed by atoms with Gasteiger partial charge < -0.3 is 11.1 Å². The normalized spacial score (nSPS) is 16.3. The largest absolute Gasteiger partial charge is 0.369 e. The summed E-state index contributed by atoms with van der Waals surface area (Å²) in [6.45, 7) is 3.67. The molecule has 2 rings (SSSR count). The molecular formula is C16H22N2O2S2. The van der Waals surface area contributed by atoms with Gasteiger partial charge in [-0.2, -0.15) is 0 Å². The van der Waals surface area contributed by atoms with Crippen LogP contribution in [-0.2, 0) is 4.79 Å². The van der Waals surface area contributed by atoms with E-state index in [1.807, 2.05) is 47.8 Å². The lowest BCUT2D eigenvalue weighted by atomic mass is 9.92. The van der Waals surface area contributed by atoms with Crippen molar-refractivity contribution in [1.82, 2.24) is 5.32 Å². The van der Waals surface area contributed by atoms with E-state index in [1.165, 1.54) is 23.5 Å². The number of amides is 2. The van der Waals surface area contributed by atoms with Crippen molar-refractivity contribution in [2.45, 2.75) is 24.9 Å². The third kappa shape index (κ3) is 4.43. The van der Waals surface area contributed by atoms with Crippen LogP contribution in [0.25, 0.3) is 0 Å². The number of thioether (sulfide) groups is 2. The third-order valence-corrected chi connectivity index (χ3v) is 6.65. The molecule has 4 nitrogen and oxygen atoms in total. The molecule has 0 aliphatic carbocycles. The van der Waals surface area contributed by atoms with Gasteiger partial charge in [0.1, 0.15) is 0 Å². The molecule has 0 radical (unpaired) electrons. The van der Waals surface area contributed by atoms with Gasteiger partial charge in [-0.1, -0.05) is 12.1 Å². The van der Waals surface area contributed by atoms with Gasteiger partial charge >= 0.3 is 0 Å². The summed E-state index contributed by atoms with van der Waals surface area (Å²) in [5.41, 5.74) is 6.42. The number of benzene rings is 1. The summed E-state index contributed by atoms with van der Waals surface area (Å²) in [5.74, 6) is 1.80.